The van der Waals surface area contributed by atoms with Crippen molar-refractivity contribution < 1.29 is 14.7 Å². The number of carbonyl (C=O) groups excluding carboxylic acids is 2. The lowest BCUT2D eigenvalue weighted by atomic mass is 9.49. The van der Waals surface area contributed by atoms with Crippen molar-refractivity contribution in [2.24, 2.45) is 11.7 Å². The monoisotopic (exact) mass is 331 g/mol. The van der Waals surface area contributed by atoms with E-state index in [0.29, 0.717) is 6.54 Å². The molecular formula is C18H25N3O3. The van der Waals surface area contributed by atoms with Crippen molar-refractivity contribution in [2.75, 3.05) is 6.54 Å². The first-order chi connectivity index (χ1) is 11.2. The minimum Gasteiger partial charge on any atom is -0.386 e. The lowest BCUT2D eigenvalue weighted by Gasteiger charge is -2.66. The van der Waals surface area contributed by atoms with Crippen molar-refractivity contribution in [3.63, 3.8) is 0 Å². The fourth-order valence-electron chi connectivity index (χ4n) is 3.77. The lowest BCUT2D eigenvalue weighted by Crippen LogP contribution is -2.70. The zero-order valence-corrected chi connectivity index (χ0v) is 14.2. The zero-order chi connectivity index (χ0) is 17.5. The number of amides is 3. The maximum absolute atomic E-state index is 12.6. The molecule has 130 valence electrons. The van der Waals surface area contributed by atoms with Gasteiger partial charge in [-0.25, -0.2) is 4.79 Å². The first kappa shape index (κ1) is 16.8. The molecule has 2 bridgehead atoms. The molecule has 0 aliphatic heterocycles. The number of benzene rings is 1. The maximum atomic E-state index is 12.6. The molecular weight excluding hydrogens is 306 g/mol. The lowest BCUT2D eigenvalue weighted by molar-refractivity contribution is -0.173. The molecule has 24 heavy (non-hydrogen) atoms. The molecule has 4 rings (SSSR count). The van der Waals surface area contributed by atoms with Gasteiger partial charge in [0.1, 0.15) is 0 Å². The molecule has 3 amide bonds. The highest BCUT2D eigenvalue weighted by molar-refractivity contribution is 5.84. The second kappa shape index (κ2) is 5.77. The third-order valence-corrected chi connectivity index (χ3v) is 5.27. The Morgan fingerprint density at radius 2 is 2.04 bits per heavy atom. The van der Waals surface area contributed by atoms with E-state index in [0.717, 1.165) is 36.3 Å². The summed E-state index contributed by atoms with van der Waals surface area (Å²) < 4.78 is 0. The average Bonchev–Trinajstić information content (AvgIpc) is 2.40. The Morgan fingerprint density at radius 3 is 2.54 bits per heavy atom. The Bertz CT molecular complexity index is 649. The van der Waals surface area contributed by atoms with Gasteiger partial charge < -0.3 is 21.1 Å². The van der Waals surface area contributed by atoms with Crippen LogP contribution in [0.25, 0.3) is 0 Å². The van der Waals surface area contributed by atoms with Gasteiger partial charge in [-0.3, -0.25) is 4.79 Å². The van der Waals surface area contributed by atoms with Crippen LogP contribution in [0.3, 0.4) is 0 Å². The van der Waals surface area contributed by atoms with Gasteiger partial charge in [-0.2, -0.15) is 0 Å². The molecule has 0 atom stereocenters. The summed E-state index contributed by atoms with van der Waals surface area (Å²) in [6.07, 6.45) is 3.13. The van der Waals surface area contributed by atoms with Crippen LogP contribution in [0.4, 0.5) is 4.79 Å². The van der Waals surface area contributed by atoms with E-state index >= 15 is 0 Å². The fraction of sp³-hybridized carbons (Fsp3) is 0.556. The van der Waals surface area contributed by atoms with Crippen LogP contribution in [0.1, 0.15) is 44.2 Å². The van der Waals surface area contributed by atoms with Gasteiger partial charge >= 0.3 is 6.03 Å². The minimum atomic E-state index is -0.922. The molecule has 3 aliphatic rings. The summed E-state index contributed by atoms with van der Waals surface area (Å²) in [5.74, 6) is 0.632. The van der Waals surface area contributed by atoms with Crippen LogP contribution in [0, 0.1) is 5.92 Å². The summed E-state index contributed by atoms with van der Waals surface area (Å²) in [5, 5.41) is 12.6. The van der Waals surface area contributed by atoms with Crippen LogP contribution >= 0.6 is 0 Å². The average molecular weight is 331 g/mol. The molecule has 0 saturated heterocycles. The molecule has 0 aromatic heterocycles. The van der Waals surface area contributed by atoms with E-state index in [-0.39, 0.29) is 18.0 Å². The number of hydrogen-bond acceptors (Lipinski definition) is 3. The van der Waals surface area contributed by atoms with E-state index in [1.54, 1.807) is 13.8 Å². The van der Waals surface area contributed by atoms with Gasteiger partial charge in [0.15, 0.2) is 0 Å². The van der Waals surface area contributed by atoms with Crippen molar-refractivity contribution in [2.45, 2.75) is 50.8 Å². The van der Waals surface area contributed by atoms with Gasteiger partial charge in [0.05, 0.1) is 12.1 Å². The van der Waals surface area contributed by atoms with Gasteiger partial charge in [-0.1, -0.05) is 24.3 Å². The molecule has 6 heteroatoms. The number of urea groups is 1. The van der Waals surface area contributed by atoms with E-state index in [4.69, 9.17) is 5.73 Å². The smallest absolute Gasteiger partial charge is 0.312 e. The molecule has 6 nitrogen and oxygen atoms in total. The fourth-order valence-corrected chi connectivity index (χ4v) is 3.77. The molecule has 0 spiro atoms. The number of nitrogens with one attached hydrogen (secondary N) is 1. The van der Waals surface area contributed by atoms with Crippen molar-refractivity contribution >= 4 is 11.9 Å². The number of aliphatic hydroxyl groups is 1. The first-order valence-corrected chi connectivity index (χ1v) is 8.35. The van der Waals surface area contributed by atoms with E-state index in [2.05, 4.69) is 5.32 Å². The molecule has 1 aromatic rings. The number of hydrogen-bond donors (Lipinski definition) is 3. The Morgan fingerprint density at radius 1 is 1.38 bits per heavy atom. The Hall–Kier alpha value is -2.08. The zero-order valence-electron chi connectivity index (χ0n) is 14.2. The predicted molar refractivity (Wildman–Crippen MR) is 89.9 cm³/mol. The minimum absolute atomic E-state index is 0.0498. The Balaban J connectivity index is 1.77. The largest absolute Gasteiger partial charge is 0.386 e. The first-order valence-electron chi connectivity index (χ1n) is 8.35. The van der Waals surface area contributed by atoms with Gasteiger partial charge in [-0.05, 0) is 50.2 Å². The molecule has 3 saturated carbocycles. The molecule has 3 aliphatic carbocycles. The van der Waals surface area contributed by atoms with E-state index in [1.807, 2.05) is 29.2 Å². The van der Waals surface area contributed by atoms with Crippen LogP contribution in [-0.2, 0) is 16.9 Å². The second-order valence-electron chi connectivity index (χ2n) is 7.66. The molecule has 4 N–H and O–H groups in total. The van der Waals surface area contributed by atoms with Crippen LogP contribution in [0.5, 0.6) is 0 Å². The summed E-state index contributed by atoms with van der Waals surface area (Å²) in [7, 11) is 0. The van der Waals surface area contributed by atoms with Gasteiger partial charge in [-0.15, -0.1) is 0 Å². The third-order valence-electron chi connectivity index (χ3n) is 5.27. The van der Waals surface area contributed by atoms with Crippen molar-refractivity contribution in [3.8, 4) is 0 Å². The van der Waals surface area contributed by atoms with Gasteiger partial charge in [0, 0.05) is 12.1 Å². The third kappa shape index (κ3) is 3.11. The SMILES string of the molecule is CC(C)(O)c1cccc(CN(C(=O)CNC(N)=O)C23CC(C2)C3)c1. The van der Waals surface area contributed by atoms with E-state index in [9.17, 15) is 14.7 Å². The summed E-state index contributed by atoms with van der Waals surface area (Å²) in [4.78, 5) is 25.4. The normalized spacial score (nSPS) is 24.5. The summed E-state index contributed by atoms with van der Waals surface area (Å²) in [5.41, 5.74) is 5.90. The quantitative estimate of drug-likeness (QED) is 0.736. The van der Waals surface area contributed by atoms with Crippen LogP contribution in [0.2, 0.25) is 0 Å². The molecule has 0 heterocycles. The highest BCUT2D eigenvalue weighted by Gasteiger charge is 2.61. The van der Waals surface area contributed by atoms with Gasteiger partial charge in [0.25, 0.3) is 0 Å². The summed E-state index contributed by atoms with van der Waals surface area (Å²) >= 11 is 0. The highest BCUT2D eigenvalue weighted by atomic mass is 16.3. The molecule has 1 aromatic carbocycles. The van der Waals surface area contributed by atoms with Crippen molar-refractivity contribution in [1.82, 2.24) is 10.2 Å². The van der Waals surface area contributed by atoms with Crippen LogP contribution < -0.4 is 11.1 Å². The maximum Gasteiger partial charge on any atom is 0.312 e. The number of primary amides is 1. The van der Waals surface area contributed by atoms with Crippen LogP contribution in [-0.4, -0.2) is 34.0 Å². The summed E-state index contributed by atoms with van der Waals surface area (Å²) in [6, 6.07) is 6.99. The Kier molecular flexibility index (Phi) is 4.03. The second-order valence-corrected chi connectivity index (χ2v) is 7.66. The van der Waals surface area contributed by atoms with Crippen LogP contribution in [0.15, 0.2) is 24.3 Å². The highest BCUT2D eigenvalue weighted by Crippen LogP contribution is 2.60. The number of rotatable bonds is 6. The summed E-state index contributed by atoms with van der Waals surface area (Å²) in [6.45, 7) is 3.89. The molecule has 0 radical (unpaired) electrons. The Labute approximate surface area is 142 Å². The van der Waals surface area contributed by atoms with Crippen molar-refractivity contribution in [1.29, 1.82) is 0 Å². The van der Waals surface area contributed by atoms with E-state index in [1.165, 1.54) is 0 Å². The topological polar surface area (TPSA) is 95.7 Å². The predicted octanol–water partition coefficient (Wildman–Crippen LogP) is 1.46. The number of carbonyl (C=O) groups is 2. The standard InChI is InChI=1S/C18H25N3O3/c1-17(2,24)14-5-3-4-12(6-14)11-21(15(22)10-20-16(19)23)18-7-13(8-18)9-18/h3-6,13,24H,7-11H2,1-2H3,(H3,19,20,23). The molecule has 3 fully saturated rings. The number of nitrogens with zero attached hydrogens (tertiary/aromatic N) is 1. The van der Waals surface area contributed by atoms with Crippen molar-refractivity contribution in [3.05, 3.63) is 35.4 Å². The molecule has 0 unspecified atom stereocenters. The number of nitrogens with two attached hydrogens (primary N) is 1. The van der Waals surface area contributed by atoms with Gasteiger partial charge in [0.2, 0.25) is 5.91 Å². The van der Waals surface area contributed by atoms with E-state index < -0.39 is 11.6 Å².